The molecule has 6 heteroatoms. The minimum absolute atomic E-state index is 0.204. The molecule has 1 amide bonds. The number of benzene rings is 2. The zero-order chi connectivity index (χ0) is 19.9. The van der Waals surface area contributed by atoms with Crippen molar-refractivity contribution in [2.75, 3.05) is 19.8 Å². The van der Waals surface area contributed by atoms with E-state index < -0.39 is 0 Å². The van der Waals surface area contributed by atoms with E-state index in [1.807, 2.05) is 38.1 Å². The highest BCUT2D eigenvalue weighted by Gasteiger charge is 2.12. The summed E-state index contributed by atoms with van der Waals surface area (Å²) >= 11 is 0. The number of rotatable bonds is 8. The van der Waals surface area contributed by atoms with Gasteiger partial charge in [0, 0.05) is 23.5 Å². The van der Waals surface area contributed by atoms with Crippen LogP contribution >= 0.6 is 0 Å². The fourth-order valence-corrected chi connectivity index (χ4v) is 3.06. The molecule has 0 saturated heterocycles. The van der Waals surface area contributed by atoms with Gasteiger partial charge in [-0.15, -0.1) is 0 Å². The zero-order valence-corrected chi connectivity index (χ0v) is 16.1. The number of carbonyl (C=O) groups is 1. The monoisotopic (exact) mass is 380 g/mol. The Balaban J connectivity index is 1.68. The van der Waals surface area contributed by atoms with Gasteiger partial charge in [-0.25, -0.2) is 0 Å². The van der Waals surface area contributed by atoms with Crippen molar-refractivity contribution in [3.63, 3.8) is 0 Å². The number of fused-ring (bicyclic) bond motifs is 1. The van der Waals surface area contributed by atoms with Gasteiger partial charge >= 0.3 is 0 Å². The van der Waals surface area contributed by atoms with Crippen LogP contribution in [0.5, 0.6) is 11.5 Å². The van der Waals surface area contributed by atoms with E-state index in [1.54, 1.807) is 18.2 Å². The summed E-state index contributed by atoms with van der Waals surface area (Å²) in [5.74, 6) is 1.21. The summed E-state index contributed by atoms with van der Waals surface area (Å²) in [6.45, 7) is 5.45. The largest absolute Gasteiger partial charge is 0.490 e. The molecule has 0 aliphatic heterocycles. The van der Waals surface area contributed by atoms with E-state index in [-0.39, 0.29) is 11.5 Å². The summed E-state index contributed by atoms with van der Waals surface area (Å²) in [4.78, 5) is 27.1. The molecule has 0 aliphatic carbocycles. The first kappa shape index (κ1) is 19.5. The molecule has 0 aliphatic rings. The van der Waals surface area contributed by atoms with Crippen LogP contribution in [0.1, 0.15) is 29.8 Å². The Morgan fingerprint density at radius 2 is 1.71 bits per heavy atom. The van der Waals surface area contributed by atoms with Crippen molar-refractivity contribution in [3.8, 4) is 11.5 Å². The maximum atomic E-state index is 12.6. The molecule has 1 aromatic heterocycles. The van der Waals surface area contributed by atoms with Gasteiger partial charge < -0.3 is 19.8 Å². The van der Waals surface area contributed by atoms with E-state index >= 15 is 0 Å². The maximum absolute atomic E-state index is 12.6. The summed E-state index contributed by atoms with van der Waals surface area (Å²) in [7, 11) is 0. The number of H-pyrrole nitrogens is 1. The molecule has 0 spiro atoms. The van der Waals surface area contributed by atoms with Crippen LogP contribution in [-0.2, 0) is 6.42 Å². The average molecular weight is 380 g/mol. The van der Waals surface area contributed by atoms with Gasteiger partial charge in [0.05, 0.1) is 18.8 Å². The lowest BCUT2D eigenvalue weighted by Gasteiger charge is -2.13. The van der Waals surface area contributed by atoms with Crippen LogP contribution in [0.15, 0.2) is 53.5 Å². The van der Waals surface area contributed by atoms with Gasteiger partial charge in [0.1, 0.15) is 0 Å². The maximum Gasteiger partial charge on any atom is 0.255 e. The number of aromatic nitrogens is 1. The Kier molecular flexibility index (Phi) is 6.32. The van der Waals surface area contributed by atoms with E-state index in [9.17, 15) is 9.59 Å². The molecule has 0 radical (unpaired) electrons. The molecular weight excluding hydrogens is 356 g/mol. The van der Waals surface area contributed by atoms with E-state index in [0.717, 1.165) is 11.3 Å². The quantitative estimate of drug-likeness (QED) is 0.628. The Labute approximate surface area is 163 Å². The molecule has 2 N–H and O–H groups in total. The molecule has 0 fully saturated rings. The molecular formula is C22H24N2O4. The highest BCUT2D eigenvalue weighted by Crippen LogP contribution is 2.28. The minimum Gasteiger partial charge on any atom is -0.490 e. The fraction of sp³-hybridized carbons (Fsp3) is 0.273. The molecule has 28 heavy (non-hydrogen) atoms. The predicted octanol–water partition coefficient (Wildman–Crippen LogP) is 3.30. The lowest BCUT2D eigenvalue weighted by Crippen LogP contribution is -2.27. The lowest BCUT2D eigenvalue weighted by atomic mass is 10.1. The topological polar surface area (TPSA) is 80.4 Å². The van der Waals surface area contributed by atoms with E-state index in [2.05, 4.69) is 10.3 Å². The lowest BCUT2D eigenvalue weighted by molar-refractivity contribution is 0.0955. The van der Waals surface area contributed by atoms with Crippen molar-refractivity contribution in [3.05, 3.63) is 70.1 Å². The van der Waals surface area contributed by atoms with Crippen LogP contribution in [0.25, 0.3) is 10.8 Å². The highest BCUT2D eigenvalue weighted by atomic mass is 16.5. The molecule has 0 saturated carbocycles. The van der Waals surface area contributed by atoms with E-state index in [0.29, 0.717) is 48.3 Å². The fourth-order valence-electron chi connectivity index (χ4n) is 3.06. The van der Waals surface area contributed by atoms with Gasteiger partial charge in [0.25, 0.3) is 11.5 Å². The van der Waals surface area contributed by atoms with Crippen LogP contribution < -0.4 is 20.3 Å². The van der Waals surface area contributed by atoms with Crippen molar-refractivity contribution in [1.82, 2.24) is 10.3 Å². The number of pyridine rings is 1. The van der Waals surface area contributed by atoms with Gasteiger partial charge in [0.2, 0.25) is 0 Å². The van der Waals surface area contributed by atoms with Gasteiger partial charge in [-0.3, -0.25) is 9.59 Å². The Bertz CT molecular complexity index is 1030. The first-order valence-electron chi connectivity index (χ1n) is 9.41. The summed E-state index contributed by atoms with van der Waals surface area (Å²) in [6.07, 6.45) is 2.11. The number of hydrogen-bond acceptors (Lipinski definition) is 4. The van der Waals surface area contributed by atoms with Crippen LogP contribution in [0, 0.1) is 0 Å². The summed E-state index contributed by atoms with van der Waals surface area (Å²) < 4.78 is 11.2. The van der Waals surface area contributed by atoms with Crippen LogP contribution in [0.3, 0.4) is 0 Å². The molecule has 3 rings (SSSR count). The van der Waals surface area contributed by atoms with Crippen molar-refractivity contribution < 1.29 is 14.3 Å². The molecule has 3 aromatic rings. The number of hydrogen-bond donors (Lipinski definition) is 2. The second-order valence-corrected chi connectivity index (χ2v) is 6.23. The standard InChI is InChI=1S/C22H24N2O4/c1-3-27-19-10-9-15(13-20(19)28-4-2)11-12-23-22(26)18-14-24-21(25)17-8-6-5-7-16(17)18/h5-10,13-14H,3-4,11-12H2,1-2H3,(H,23,26)(H,24,25). The summed E-state index contributed by atoms with van der Waals surface area (Å²) in [5, 5.41) is 4.06. The predicted molar refractivity (Wildman–Crippen MR) is 109 cm³/mol. The first-order chi connectivity index (χ1) is 13.6. The number of ether oxygens (including phenoxy) is 2. The molecule has 146 valence electrons. The van der Waals surface area contributed by atoms with Gasteiger partial charge in [-0.2, -0.15) is 0 Å². The molecule has 1 heterocycles. The Morgan fingerprint density at radius 3 is 2.46 bits per heavy atom. The van der Waals surface area contributed by atoms with E-state index in [4.69, 9.17) is 9.47 Å². The van der Waals surface area contributed by atoms with Gasteiger partial charge in [-0.05, 0) is 44.0 Å². The third-order valence-corrected chi connectivity index (χ3v) is 4.36. The van der Waals surface area contributed by atoms with Crippen molar-refractivity contribution in [2.45, 2.75) is 20.3 Å². The Morgan fingerprint density at radius 1 is 1.00 bits per heavy atom. The normalized spacial score (nSPS) is 10.6. The smallest absolute Gasteiger partial charge is 0.255 e. The molecule has 0 unspecified atom stereocenters. The van der Waals surface area contributed by atoms with Gasteiger partial charge in [0.15, 0.2) is 11.5 Å². The number of amides is 1. The SMILES string of the molecule is CCOc1ccc(CCNC(=O)c2c[nH]c(=O)c3ccccc23)cc1OCC. The zero-order valence-electron chi connectivity index (χ0n) is 16.1. The molecule has 0 bridgehead atoms. The van der Waals surface area contributed by atoms with E-state index in [1.165, 1.54) is 6.20 Å². The second kappa shape index (κ2) is 9.08. The second-order valence-electron chi connectivity index (χ2n) is 6.23. The highest BCUT2D eigenvalue weighted by molar-refractivity contribution is 6.06. The summed E-state index contributed by atoms with van der Waals surface area (Å²) in [6, 6.07) is 12.9. The van der Waals surface area contributed by atoms with Crippen LogP contribution in [-0.4, -0.2) is 30.6 Å². The van der Waals surface area contributed by atoms with Crippen molar-refractivity contribution >= 4 is 16.7 Å². The van der Waals surface area contributed by atoms with Crippen LogP contribution in [0.2, 0.25) is 0 Å². The number of nitrogens with one attached hydrogen (secondary N) is 2. The first-order valence-corrected chi connectivity index (χ1v) is 9.41. The van der Waals surface area contributed by atoms with Crippen LogP contribution in [0.4, 0.5) is 0 Å². The Hall–Kier alpha value is -3.28. The van der Waals surface area contributed by atoms with Crippen molar-refractivity contribution in [1.29, 1.82) is 0 Å². The van der Waals surface area contributed by atoms with Crippen molar-refractivity contribution in [2.24, 2.45) is 0 Å². The van der Waals surface area contributed by atoms with Gasteiger partial charge in [-0.1, -0.05) is 24.3 Å². The molecule has 6 nitrogen and oxygen atoms in total. The number of carbonyl (C=O) groups excluding carboxylic acids is 1. The molecule has 0 atom stereocenters. The number of aromatic amines is 1. The third-order valence-electron chi connectivity index (χ3n) is 4.36. The third kappa shape index (κ3) is 4.34. The average Bonchev–Trinajstić information content (AvgIpc) is 2.70. The summed E-state index contributed by atoms with van der Waals surface area (Å²) in [5.41, 5.74) is 1.29. The minimum atomic E-state index is -0.219. The molecule has 2 aromatic carbocycles.